The molecule has 0 aromatic heterocycles. The Balaban J connectivity index is 4.25. The molecule has 0 spiro atoms. The Labute approximate surface area is 79.1 Å². The van der Waals surface area contributed by atoms with E-state index in [9.17, 15) is 9.90 Å². The predicted molar refractivity (Wildman–Crippen MR) is 50.1 cm³/mol. The Kier molecular flexibility index (Phi) is 4.36. The van der Waals surface area contributed by atoms with Gasteiger partial charge in [-0.15, -0.1) is 0 Å². The topological polar surface area (TPSA) is 72.5 Å². The maximum absolute atomic E-state index is 11.1. The molecule has 0 fully saturated rings. The van der Waals surface area contributed by atoms with Gasteiger partial charge < -0.3 is 15.6 Å². The zero-order chi connectivity index (χ0) is 10.6. The van der Waals surface area contributed by atoms with Gasteiger partial charge in [0, 0.05) is 0 Å². The van der Waals surface area contributed by atoms with Crippen LogP contribution in [0.3, 0.4) is 0 Å². The molecule has 0 heterocycles. The highest BCUT2D eigenvalue weighted by atomic mass is 16.5. The van der Waals surface area contributed by atoms with Crippen molar-refractivity contribution in [3.63, 3.8) is 0 Å². The van der Waals surface area contributed by atoms with Crippen molar-refractivity contribution in [2.24, 2.45) is 11.1 Å². The van der Waals surface area contributed by atoms with Crippen LogP contribution in [0.5, 0.6) is 0 Å². The largest absolute Gasteiger partial charge is 0.465 e. The fraction of sp³-hybridized carbons (Fsp3) is 0.889. The van der Waals surface area contributed by atoms with E-state index in [-0.39, 0.29) is 6.61 Å². The number of aliphatic hydroxyl groups is 1. The number of carbonyl (C=O) groups is 1. The van der Waals surface area contributed by atoms with Crippen molar-refractivity contribution in [2.75, 3.05) is 6.61 Å². The van der Waals surface area contributed by atoms with E-state index in [4.69, 9.17) is 10.5 Å². The Bertz CT molecular complexity index is 174. The summed E-state index contributed by atoms with van der Waals surface area (Å²) >= 11 is 0. The Morgan fingerprint density at radius 3 is 2.31 bits per heavy atom. The number of rotatable bonds is 3. The normalized spacial score (nSPS) is 16.5. The van der Waals surface area contributed by atoms with Gasteiger partial charge in [0.2, 0.25) is 0 Å². The van der Waals surface area contributed by atoms with Crippen LogP contribution in [-0.4, -0.2) is 29.8 Å². The van der Waals surface area contributed by atoms with E-state index < -0.39 is 23.5 Å². The van der Waals surface area contributed by atoms with Gasteiger partial charge >= 0.3 is 5.97 Å². The number of esters is 1. The summed E-state index contributed by atoms with van der Waals surface area (Å²) < 4.78 is 4.70. The molecule has 0 saturated carbocycles. The lowest BCUT2D eigenvalue weighted by Crippen LogP contribution is -2.49. The van der Waals surface area contributed by atoms with Crippen LogP contribution in [0.1, 0.15) is 27.7 Å². The first-order valence-corrected chi connectivity index (χ1v) is 4.41. The first-order chi connectivity index (χ1) is 5.80. The van der Waals surface area contributed by atoms with Gasteiger partial charge in [-0.3, -0.25) is 4.79 Å². The molecule has 78 valence electrons. The van der Waals surface area contributed by atoms with E-state index in [1.807, 2.05) is 20.8 Å². The second-order valence-electron chi connectivity index (χ2n) is 4.09. The monoisotopic (exact) mass is 189 g/mol. The highest BCUT2D eigenvalue weighted by Crippen LogP contribution is 2.21. The third-order valence-electron chi connectivity index (χ3n) is 1.79. The zero-order valence-corrected chi connectivity index (χ0v) is 8.70. The van der Waals surface area contributed by atoms with Crippen LogP contribution >= 0.6 is 0 Å². The van der Waals surface area contributed by atoms with Crippen LogP contribution in [0.4, 0.5) is 0 Å². The van der Waals surface area contributed by atoms with Gasteiger partial charge in [0.1, 0.15) is 6.04 Å². The summed E-state index contributed by atoms with van der Waals surface area (Å²) in [5.74, 6) is -0.551. The molecular formula is C9H19NO3. The van der Waals surface area contributed by atoms with Crippen LogP contribution in [0, 0.1) is 5.41 Å². The van der Waals surface area contributed by atoms with Crippen molar-refractivity contribution in [3.05, 3.63) is 0 Å². The average molecular weight is 189 g/mol. The molecule has 3 N–H and O–H groups in total. The SMILES string of the molecule is CCOC(=O)[C@H](N)[C@@H](O)C(C)(C)C. The number of aliphatic hydroxyl groups excluding tert-OH is 1. The van der Waals surface area contributed by atoms with Crippen LogP contribution in [-0.2, 0) is 9.53 Å². The van der Waals surface area contributed by atoms with Gasteiger partial charge in [-0.05, 0) is 12.3 Å². The standard InChI is InChI=1S/C9H19NO3/c1-5-13-8(12)6(10)7(11)9(2,3)4/h6-7,11H,5,10H2,1-4H3/t6-,7-/m1/s1. The van der Waals surface area contributed by atoms with E-state index in [0.29, 0.717) is 0 Å². The fourth-order valence-corrected chi connectivity index (χ4v) is 0.906. The first-order valence-electron chi connectivity index (χ1n) is 4.41. The molecule has 4 nitrogen and oxygen atoms in total. The van der Waals surface area contributed by atoms with Crippen molar-refractivity contribution in [3.8, 4) is 0 Å². The minimum Gasteiger partial charge on any atom is -0.465 e. The van der Waals surface area contributed by atoms with Gasteiger partial charge in [0.15, 0.2) is 0 Å². The molecule has 0 bridgehead atoms. The number of hydrogen-bond acceptors (Lipinski definition) is 4. The van der Waals surface area contributed by atoms with Crippen LogP contribution in [0.15, 0.2) is 0 Å². The quantitative estimate of drug-likeness (QED) is 0.626. The van der Waals surface area contributed by atoms with Gasteiger partial charge in [-0.1, -0.05) is 20.8 Å². The second kappa shape index (κ2) is 4.58. The van der Waals surface area contributed by atoms with Crippen molar-refractivity contribution < 1.29 is 14.6 Å². The number of ether oxygens (including phenoxy) is 1. The van der Waals surface area contributed by atoms with Crippen LogP contribution < -0.4 is 5.73 Å². The first kappa shape index (κ1) is 12.4. The molecule has 0 aromatic carbocycles. The van der Waals surface area contributed by atoms with Crippen LogP contribution in [0.2, 0.25) is 0 Å². The maximum Gasteiger partial charge on any atom is 0.325 e. The van der Waals surface area contributed by atoms with E-state index in [2.05, 4.69) is 0 Å². The third-order valence-corrected chi connectivity index (χ3v) is 1.79. The van der Waals surface area contributed by atoms with Crippen molar-refractivity contribution in [1.29, 1.82) is 0 Å². The number of nitrogens with two attached hydrogens (primary N) is 1. The zero-order valence-electron chi connectivity index (χ0n) is 8.70. The Hall–Kier alpha value is -0.610. The van der Waals surface area contributed by atoms with Gasteiger partial charge in [-0.25, -0.2) is 0 Å². The second-order valence-corrected chi connectivity index (χ2v) is 4.09. The summed E-state index contributed by atoms with van der Waals surface area (Å²) in [5.41, 5.74) is 5.10. The summed E-state index contributed by atoms with van der Waals surface area (Å²) in [6.07, 6.45) is -0.883. The number of hydrogen-bond donors (Lipinski definition) is 2. The molecule has 0 aliphatic carbocycles. The molecule has 0 rings (SSSR count). The Morgan fingerprint density at radius 1 is 1.54 bits per heavy atom. The minimum absolute atomic E-state index is 0.281. The summed E-state index contributed by atoms with van der Waals surface area (Å²) in [6, 6.07) is -0.958. The van der Waals surface area contributed by atoms with E-state index >= 15 is 0 Å². The molecule has 4 heteroatoms. The summed E-state index contributed by atoms with van der Waals surface area (Å²) in [5, 5.41) is 9.63. The van der Waals surface area contributed by atoms with E-state index in [1.54, 1.807) is 6.92 Å². The summed E-state index contributed by atoms with van der Waals surface area (Å²) in [4.78, 5) is 11.1. The Morgan fingerprint density at radius 2 is 2.00 bits per heavy atom. The molecular weight excluding hydrogens is 170 g/mol. The van der Waals surface area contributed by atoms with Crippen molar-refractivity contribution >= 4 is 5.97 Å². The van der Waals surface area contributed by atoms with Gasteiger partial charge in [-0.2, -0.15) is 0 Å². The fourth-order valence-electron chi connectivity index (χ4n) is 0.906. The van der Waals surface area contributed by atoms with E-state index in [1.165, 1.54) is 0 Å². The molecule has 0 saturated heterocycles. The molecule has 0 unspecified atom stereocenters. The molecule has 0 amide bonds. The minimum atomic E-state index is -0.958. The lowest BCUT2D eigenvalue weighted by atomic mass is 9.85. The smallest absolute Gasteiger partial charge is 0.325 e. The molecule has 0 aliphatic rings. The number of carbonyl (C=O) groups excluding carboxylic acids is 1. The molecule has 0 aromatic rings. The van der Waals surface area contributed by atoms with E-state index in [0.717, 1.165) is 0 Å². The lowest BCUT2D eigenvalue weighted by Gasteiger charge is -2.29. The van der Waals surface area contributed by atoms with Crippen LogP contribution in [0.25, 0.3) is 0 Å². The molecule has 2 atom stereocenters. The summed E-state index contributed by atoms with van der Waals surface area (Å²) in [7, 11) is 0. The van der Waals surface area contributed by atoms with Gasteiger partial charge in [0.05, 0.1) is 12.7 Å². The predicted octanol–water partition coefficient (Wildman–Crippen LogP) is 0.284. The lowest BCUT2D eigenvalue weighted by molar-refractivity contribution is -0.149. The van der Waals surface area contributed by atoms with Gasteiger partial charge in [0.25, 0.3) is 0 Å². The average Bonchev–Trinajstić information content (AvgIpc) is 2.00. The molecule has 0 aliphatic heterocycles. The maximum atomic E-state index is 11.1. The van der Waals surface area contributed by atoms with Crippen molar-refractivity contribution in [1.82, 2.24) is 0 Å². The molecule has 0 radical (unpaired) electrons. The summed E-state index contributed by atoms with van der Waals surface area (Å²) in [6.45, 7) is 7.43. The molecule has 13 heavy (non-hydrogen) atoms. The highest BCUT2D eigenvalue weighted by molar-refractivity contribution is 5.76. The highest BCUT2D eigenvalue weighted by Gasteiger charge is 2.33. The third kappa shape index (κ3) is 3.74. The van der Waals surface area contributed by atoms with Crippen molar-refractivity contribution in [2.45, 2.75) is 39.8 Å².